The van der Waals surface area contributed by atoms with Gasteiger partial charge in [0.25, 0.3) is 0 Å². The van der Waals surface area contributed by atoms with E-state index in [1.54, 1.807) is 7.11 Å². The molecule has 0 saturated carbocycles. The van der Waals surface area contributed by atoms with Gasteiger partial charge in [0.2, 0.25) is 0 Å². The maximum absolute atomic E-state index is 5.05. The van der Waals surface area contributed by atoms with Crippen molar-refractivity contribution in [2.75, 3.05) is 53.0 Å². The second-order valence-corrected chi connectivity index (χ2v) is 5.61. The van der Waals surface area contributed by atoms with Gasteiger partial charge in [-0.1, -0.05) is 6.92 Å². The van der Waals surface area contributed by atoms with Crippen molar-refractivity contribution in [2.45, 2.75) is 33.1 Å². The Labute approximate surface area is 124 Å². The summed E-state index contributed by atoms with van der Waals surface area (Å²) in [5, 5.41) is 6.64. The number of likely N-dealkylation sites (tertiary alicyclic amines) is 1. The van der Waals surface area contributed by atoms with Crippen molar-refractivity contribution in [2.24, 2.45) is 10.9 Å². The van der Waals surface area contributed by atoms with Crippen LogP contribution in [0, 0.1) is 5.92 Å². The zero-order valence-corrected chi connectivity index (χ0v) is 13.5. The summed E-state index contributed by atoms with van der Waals surface area (Å²) in [6, 6.07) is 0. The SMILES string of the molecule is CCNC(=NCC(C)CN1CCCC1)NCCCOC. The molecule has 2 N–H and O–H groups in total. The molecule has 0 bridgehead atoms. The predicted octanol–water partition coefficient (Wildman–Crippen LogP) is 1.31. The molecule has 1 aliphatic heterocycles. The molecule has 0 radical (unpaired) electrons. The van der Waals surface area contributed by atoms with E-state index in [-0.39, 0.29) is 0 Å². The van der Waals surface area contributed by atoms with Gasteiger partial charge in [0.1, 0.15) is 0 Å². The zero-order chi connectivity index (χ0) is 14.6. The minimum Gasteiger partial charge on any atom is -0.385 e. The summed E-state index contributed by atoms with van der Waals surface area (Å²) in [6.07, 6.45) is 3.73. The first-order valence-electron chi connectivity index (χ1n) is 7.99. The van der Waals surface area contributed by atoms with Crippen LogP contribution in [0.3, 0.4) is 0 Å². The molecule has 1 atom stereocenters. The van der Waals surface area contributed by atoms with Gasteiger partial charge >= 0.3 is 0 Å². The molecule has 5 heteroatoms. The third kappa shape index (κ3) is 7.70. The fraction of sp³-hybridized carbons (Fsp3) is 0.933. The van der Waals surface area contributed by atoms with E-state index in [1.165, 1.54) is 32.5 Å². The summed E-state index contributed by atoms with van der Waals surface area (Å²) in [4.78, 5) is 7.23. The van der Waals surface area contributed by atoms with E-state index in [2.05, 4.69) is 34.4 Å². The Morgan fingerprint density at radius 3 is 2.70 bits per heavy atom. The molecule has 20 heavy (non-hydrogen) atoms. The lowest BCUT2D eigenvalue weighted by Gasteiger charge is -2.19. The molecule has 0 aromatic rings. The highest BCUT2D eigenvalue weighted by molar-refractivity contribution is 5.79. The first-order chi connectivity index (χ1) is 9.76. The van der Waals surface area contributed by atoms with E-state index >= 15 is 0 Å². The summed E-state index contributed by atoms with van der Waals surface area (Å²) in [7, 11) is 1.74. The van der Waals surface area contributed by atoms with E-state index in [4.69, 9.17) is 4.74 Å². The molecular formula is C15H32N4O. The van der Waals surface area contributed by atoms with Crippen molar-refractivity contribution in [3.8, 4) is 0 Å². The minimum atomic E-state index is 0.613. The van der Waals surface area contributed by atoms with Crippen molar-refractivity contribution in [3.05, 3.63) is 0 Å². The highest BCUT2D eigenvalue weighted by Gasteiger charge is 2.14. The molecular weight excluding hydrogens is 252 g/mol. The van der Waals surface area contributed by atoms with Crippen LogP contribution >= 0.6 is 0 Å². The van der Waals surface area contributed by atoms with E-state index < -0.39 is 0 Å². The highest BCUT2D eigenvalue weighted by Crippen LogP contribution is 2.10. The Kier molecular flexibility index (Phi) is 9.41. The van der Waals surface area contributed by atoms with Crippen molar-refractivity contribution in [3.63, 3.8) is 0 Å². The first-order valence-corrected chi connectivity index (χ1v) is 7.99. The number of aliphatic imine (C=N–C) groups is 1. The second kappa shape index (κ2) is 10.9. The van der Waals surface area contributed by atoms with Gasteiger partial charge in [-0.25, -0.2) is 0 Å². The van der Waals surface area contributed by atoms with E-state index in [0.29, 0.717) is 5.92 Å². The van der Waals surface area contributed by atoms with Crippen molar-refractivity contribution >= 4 is 5.96 Å². The lowest BCUT2D eigenvalue weighted by atomic mass is 10.2. The van der Waals surface area contributed by atoms with Crippen molar-refractivity contribution < 1.29 is 4.74 Å². The number of methoxy groups -OCH3 is 1. The molecule has 118 valence electrons. The molecule has 1 unspecified atom stereocenters. The largest absolute Gasteiger partial charge is 0.385 e. The summed E-state index contributed by atoms with van der Waals surface area (Å²) in [6.45, 7) is 11.6. The normalized spacial score (nSPS) is 18.2. The molecule has 0 aromatic heterocycles. The molecule has 1 fully saturated rings. The smallest absolute Gasteiger partial charge is 0.191 e. The minimum absolute atomic E-state index is 0.613. The van der Waals surface area contributed by atoms with Gasteiger partial charge in [-0.2, -0.15) is 0 Å². The third-order valence-corrected chi connectivity index (χ3v) is 3.49. The molecule has 1 rings (SSSR count). The van der Waals surface area contributed by atoms with Gasteiger partial charge in [0, 0.05) is 39.9 Å². The fourth-order valence-electron chi connectivity index (χ4n) is 2.48. The number of nitrogens with zero attached hydrogens (tertiary/aromatic N) is 2. The fourth-order valence-corrected chi connectivity index (χ4v) is 2.48. The topological polar surface area (TPSA) is 48.9 Å². The zero-order valence-electron chi connectivity index (χ0n) is 13.5. The van der Waals surface area contributed by atoms with E-state index in [0.717, 1.165) is 38.6 Å². The molecule has 1 heterocycles. The summed E-state index contributed by atoms with van der Waals surface area (Å²) in [5.74, 6) is 1.54. The number of rotatable bonds is 9. The monoisotopic (exact) mass is 284 g/mol. The van der Waals surface area contributed by atoms with Gasteiger partial charge in [-0.05, 0) is 45.2 Å². The average molecular weight is 284 g/mol. The lowest BCUT2D eigenvalue weighted by Crippen LogP contribution is -2.38. The molecule has 0 spiro atoms. The molecule has 0 aliphatic carbocycles. The van der Waals surface area contributed by atoms with Crippen LogP contribution in [0.2, 0.25) is 0 Å². The predicted molar refractivity (Wildman–Crippen MR) is 85.3 cm³/mol. The van der Waals surface area contributed by atoms with Gasteiger partial charge in [0.15, 0.2) is 5.96 Å². The lowest BCUT2D eigenvalue weighted by molar-refractivity contribution is 0.195. The molecule has 1 saturated heterocycles. The number of nitrogens with one attached hydrogen (secondary N) is 2. The molecule has 0 aromatic carbocycles. The number of hydrogen-bond acceptors (Lipinski definition) is 3. The number of guanidine groups is 1. The van der Waals surface area contributed by atoms with Crippen molar-refractivity contribution in [1.29, 1.82) is 0 Å². The Bertz CT molecular complexity index is 265. The van der Waals surface area contributed by atoms with Crippen LogP contribution in [0.4, 0.5) is 0 Å². The molecule has 0 amide bonds. The number of hydrogen-bond donors (Lipinski definition) is 2. The Morgan fingerprint density at radius 2 is 2.05 bits per heavy atom. The molecule has 5 nitrogen and oxygen atoms in total. The summed E-state index contributed by atoms with van der Waals surface area (Å²) in [5.41, 5.74) is 0. The van der Waals surface area contributed by atoms with Gasteiger partial charge in [0.05, 0.1) is 0 Å². The van der Waals surface area contributed by atoms with E-state index in [9.17, 15) is 0 Å². The maximum Gasteiger partial charge on any atom is 0.191 e. The van der Waals surface area contributed by atoms with Gasteiger partial charge in [-0.3, -0.25) is 4.99 Å². The van der Waals surface area contributed by atoms with Crippen LogP contribution in [0.1, 0.15) is 33.1 Å². The quantitative estimate of drug-likeness (QED) is 0.381. The van der Waals surface area contributed by atoms with Gasteiger partial charge < -0.3 is 20.3 Å². The van der Waals surface area contributed by atoms with Crippen LogP contribution in [0.15, 0.2) is 4.99 Å². The maximum atomic E-state index is 5.05. The Balaban J connectivity index is 2.24. The van der Waals surface area contributed by atoms with Crippen LogP contribution in [-0.2, 0) is 4.74 Å². The average Bonchev–Trinajstić information content (AvgIpc) is 2.93. The van der Waals surface area contributed by atoms with Gasteiger partial charge in [-0.15, -0.1) is 0 Å². The Morgan fingerprint density at radius 1 is 1.30 bits per heavy atom. The van der Waals surface area contributed by atoms with Crippen LogP contribution < -0.4 is 10.6 Å². The van der Waals surface area contributed by atoms with Crippen LogP contribution in [0.25, 0.3) is 0 Å². The van der Waals surface area contributed by atoms with Crippen molar-refractivity contribution in [1.82, 2.24) is 15.5 Å². The standard InChI is InChI=1S/C15H32N4O/c1-4-16-15(17-8-7-11-20-3)18-12-14(2)13-19-9-5-6-10-19/h14H,4-13H2,1-3H3,(H2,16,17,18). The summed E-state index contributed by atoms with van der Waals surface area (Å²) >= 11 is 0. The highest BCUT2D eigenvalue weighted by atomic mass is 16.5. The molecule has 1 aliphatic rings. The Hall–Kier alpha value is -0.810. The second-order valence-electron chi connectivity index (χ2n) is 5.61. The summed E-state index contributed by atoms with van der Waals surface area (Å²) < 4.78 is 5.05. The number of ether oxygens (including phenoxy) is 1. The van der Waals surface area contributed by atoms with Crippen LogP contribution in [-0.4, -0.2) is 63.8 Å². The van der Waals surface area contributed by atoms with Crippen LogP contribution in [0.5, 0.6) is 0 Å². The third-order valence-electron chi connectivity index (χ3n) is 3.49. The van der Waals surface area contributed by atoms with E-state index in [1.807, 2.05) is 0 Å². The first kappa shape index (κ1) is 17.2.